The first-order chi connectivity index (χ1) is 26.9. The molecule has 5 aliphatic rings. The van der Waals surface area contributed by atoms with Gasteiger partial charge in [-0.25, -0.2) is 8.42 Å². The number of ether oxygens (including phenoxy) is 1. The molecule has 4 saturated heterocycles. The predicted octanol–water partition coefficient (Wildman–Crippen LogP) is 10.8. The summed E-state index contributed by atoms with van der Waals surface area (Å²) in [5.74, 6) is 0.313. The van der Waals surface area contributed by atoms with Crippen molar-refractivity contribution in [3.63, 3.8) is 0 Å². The SMILES string of the molecule is C.C1=NCCO1.CC.CC.CC(C)(C)C.CC(C)(C)N1CCCC1=O.CC(C)(C)N1CCCCC1.CN1CCC(S(=O)(=O)C(C)(C)C)CC1.CN1CCN(C(C)(C)C)CC1. The van der Waals surface area contributed by atoms with Gasteiger partial charge in [-0.1, -0.05) is 69.2 Å². The molecule has 5 rings (SSSR count). The van der Waals surface area contributed by atoms with Crippen molar-refractivity contribution < 1.29 is 17.9 Å². The topological polar surface area (TPSA) is 89.0 Å². The van der Waals surface area contributed by atoms with Crippen molar-refractivity contribution in [1.29, 1.82) is 0 Å². The Morgan fingerprint density at radius 1 is 0.583 bits per heavy atom. The van der Waals surface area contributed by atoms with Crippen molar-refractivity contribution in [1.82, 2.24) is 24.5 Å². The number of piperidine rings is 2. The summed E-state index contributed by atoms with van der Waals surface area (Å²) in [6.07, 6.45) is 9.08. The normalized spacial score (nSPS) is 19.7. The number of likely N-dealkylation sites (tertiary alicyclic amines) is 3. The highest BCUT2D eigenvalue weighted by molar-refractivity contribution is 7.93. The summed E-state index contributed by atoms with van der Waals surface area (Å²) in [5, 5.41) is -0.126. The van der Waals surface area contributed by atoms with E-state index in [-0.39, 0.29) is 18.2 Å². The van der Waals surface area contributed by atoms with Gasteiger partial charge < -0.3 is 19.4 Å². The molecule has 0 unspecified atom stereocenters. The Morgan fingerprint density at radius 2 is 0.983 bits per heavy atom. The molecule has 0 radical (unpaired) electrons. The lowest BCUT2D eigenvalue weighted by Crippen LogP contribution is -2.52. The first-order valence-corrected chi connectivity index (χ1v) is 24.9. The zero-order valence-electron chi connectivity index (χ0n) is 43.6. The number of amides is 1. The van der Waals surface area contributed by atoms with Crippen LogP contribution in [0.2, 0.25) is 0 Å². The molecule has 11 heteroatoms. The molecule has 5 aliphatic heterocycles. The molecule has 1 amide bonds. The Bertz CT molecular complexity index is 1160. The number of hydrogen-bond acceptors (Lipinski definition) is 9. The lowest BCUT2D eigenvalue weighted by atomic mass is 10.0. The van der Waals surface area contributed by atoms with E-state index < -0.39 is 14.6 Å². The Labute approximate surface area is 377 Å². The van der Waals surface area contributed by atoms with E-state index in [4.69, 9.17) is 0 Å². The van der Waals surface area contributed by atoms with E-state index >= 15 is 0 Å². The number of nitrogens with zero attached hydrogens (tertiary/aromatic N) is 6. The number of likely N-dealkylation sites (N-methyl/N-ethyl adjacent to an activating group) is 1. The van der Waals surface area contributed by atoms with E-state index in [1.807, 2.05) is 39.6 Å². The second-order valence-corrected chi connectivity index (χ2v) is 24.5. The van der Waals surface area contributed by atoms with Crippen LogP contribution in [-0.4, -0.2) is 158 Å². The zero-order chi connectivity index (χ0) is 46.9. The molecule has 0 N–H and O–H groups in total. The number of piperazine rings is 1. The first-order valence-electron chi connectivity index (χ1n) is 23.4. The molecule has 0 aromatic heterocycles. The zero-order valence-corrected chi connectivity index (χ0v) is 44.4. The molecule has 364 valence electrons. The van der Waals surface area contributed by atoms with Gasteiger partial charge in [0.15, 0.2) is 16.2 Å². The largest absolute Gasteiger partial charge is 0.482 e. The fourth-order valence-corrected chi connectivity index (χ4v) is 8.29. The highest BCUT2D eigenvalue weighted by Crippen LogP contribution is 2.27. The summed E-state index contributed by atoms with van der Waals surface area (Å²) < 4.78 is 28.2. The smallest absolute Gasteiger partial charge is 0.223 e. The minimum Gasteiger partial charge on any atom is -0.482 e. The minimum atomic E-state index is -2.95. The van der Waals surface area contributed by atoms with Crippen molar-refractivity contribution in [2.24, 2.45) is 10.4 Å². The summed E-state index contributed by atoms with van der Waals surface area (Å²) in [4.78, 5) is 26.5. The van der Waals surface area contributed by atoms with Crippen molar-refractivity contribution in [2.75, 3.05) is 86.1 Å². The molecule has 0 saturated carbocycles. The van der Waals surface area contributed by atoms with Crippen LogP contribution in [0, 0.1) is 5.41 Å². The summed E-state index contributed by atoms with van der Waals surface area (Å²) in [5.41, 5.74) is 1.30. The number of rotatable bonds is 1. The Kier molecular flexibility index (Phi) is 34.4. The van der Waals surface area contributed by atoms with Gasteiger partial charge in [-0.15, -0.1) is 0 Å². The Morgan fingerprint density at radius 3 is 1.23 bits per heavy atom. The third-order valence-corrected chi connectivity index (χ3v) is 13.1. The Hall–Kier alpha value is -1.27. The Balaban J connectivity index is -0.000000316. The third kappa shape index (κ3) is 31.6. The number of carbonyl (C=O) groups excluding carboxylic acids is 1. The van der Waals surface area contributed by atoms with E-state index in [1.54, 1.807) is 20.8 Å². The van der Waals surface area contributed by atoms with Crippen LogP contribution >= 0.6 is 0 Å². The van der Waals surface area contributed by atoms with Crippen LogP contribution in [0.3, 0.4) is 0 Å². The molecule has 4 fully saturated rings. The highest BCUT2D eigenvalue weighted by atomic mass is 32.2. The van der Waals surface area contributed by atoms with Gasteiger partial charge in [0.25, 0.3) is 0 Å². The van der Waals surface area contributed by atoms with Crippen LogP contribution in [0.1, 0.15) is 191 Å². The maximum atomic E-state index is 12.1. The molecule has 0 spiro atoms. The summed E-state index contributed by atoms with van der Waals surface area (Å²) >= 11 is 0. The fraction of sp³-hybridized carbons (Fsp3) is 0.959. The standard InChI is InChI=1S/C10H21NO2S.C9H20N2.C9H19N.C8H15NO.C5H12.C3H5NO.2C2H6.CH4/c1-10(2,3)14(12,13)9-5-7-11(4)8-6-9;1-9(2,3)11-7-5-10(4)6-8-11;1-9(2,3)10-7-5-4-6-8-10;1-8(2,3)9-6-4-5-7(9)10;1-5(2,3)4;1-2-5-3-4-1;2*1-2;/h9H,5-8H2,1-4H3;5-8H2,1-4H3;4-8H2,1-3H3;4-6H2,1-3H3;1-4H3;3H,1-2H2;2*1-2H3;1H4. The summed E-state index contributed by atoms with van der Waals surface area (Å²) in [7, 11) is 1.29. The van der Waals surface area contributed by atoms with Crippen LogP contribution in [0.25, 0.3) is 0 Å². The molecule has 60 heavy (non-hydrogen) atoms. The maximum absolute atomic E-state index is 12.1. The third-order valence-electron chi connectivity index (χ3n) is 10.1. The molecule has 0 aromatic carbocycles. The monoisotopic (exact) mass is 877 g/mol. The maximum Gasteiger partial charge on any atom is 0.223 e. The van der Waals surface area contributed by atoms with Crippen molar-refractivity contribution in [3.05, 3.63) is 0 Å². The molecule has 0 bridgehead atoms. The van der Waals surface area contributed by atoms with Crippen LogP contribution in [0.15, 0.2) is 4.99 Å². The molecular formula is C49H108N6O4S. The number of hydrogen-bond donors (Lipinski definition) is 0. The van der Waals surface area contributed by atoms with Gasteiger partial charge in [0.1, 0.15) is 6.61 Å². The average molecular weight is 878 g/mol. The highest BCUT2D eigenvalue weighted by Gasteiger charge is 2.38. The minimum absolute atomic E-state index is 0. The van der Waals surface area contributed by atoms with E-state index in [1.165, 1.54) is 64.9 Å². The van der Waals surface area contributed by atoms with Gasteiger partial charge in [0.2, 0.25) is 5.91 Å². The summed E-state index contributed by atoms with van der Waals surface area (Å²) in [6.45, 7) is 54.0. The predicted molar refractivity (Wildman–Crippen MR) is 268 cm³/mol. The molecular weight excluding hydrogens is 769 g/mol. The summed E-state index contributed by atoms with van der Waals surface area (Å²) in [6, 6.07) is 0. The van der Waals surface area contributed by atoms with E-state index in [0.29, 0.717) is 22.4 Å². The average Bonchev–Trinajstić information content (AvgIpc) is 3.86. The van der Waals surface area contributed by atoms with Gasteiger partial charge in [0.05, 0.1) is 16.5 Å². The van der Waals surface area contributed by atoms with Crippen LogP contribution in [-0.2, 0) is 19.4 Å². The second kappa shape index (κ2) is 31.6. The number of carbonyl (C=O) groups is 1. The molecule has 0 aromatic rings. The van der Waals surface area contributed by atoms with Gasteiger partial charge in [-0.05, 0) is 161 Å². The number of aliphatic imine (C=N–C) groups is 1. The lowest BCUT2D eigenvalue weighted by molar-refractivity contribution is -0.131. The van der Waals surface area contributed by atoms with Crippen molar-refractivity contribution in [2.45, 2.75) is 217 Å². The van der Waals surface area contributed by atoms with Crippen molar-refractivity contribution >= 4 is 22.1 Å². The van der Waals surface area contributed by atoms with Gasteiger partial charge in [-0.2, -0.15) is 0 Å². The number of sulfone groups is 1. The van der Waals surface area contributed by atoms with Gasteiger partial charge in [0, 0.05) is 55.8 Å². The van der Waals surface area contributed by atoms with E-state index in [9.17, 15) is 13.2 Å². The molecule has 0 aliphatic carbocycles. The van der Waals surface area contributed by atoms with Crippen molar-refractivity contribution in [3.8, 4) is 0 Å². The van der Waals surface area contributed by atoms with Gasteiger partial charge in [-0.3, -0.25) is 19.6 Å². The molecule has 10 nitrogen and oxygen atoms in total. The van der Waals surface area contributed by atoms with Crippen LogP contribution in [0.4, 0.5) is 0 Å². The quantitative estimate of drug-likeness (QED) is 0.257. The van der Waals surface area contributed by atoms with Crippen LogP contribution < -0.4 is 0 Å². The van der Waals surface area contributed by atoms with Gasteiger partial charge >= 0.3 is 0 Å². The molecule has 5 heterocycles. The lowest BCUT2D eigenvalue weighted by Gasteiger charge is -2.41. The van der Waals surface area contributed by atoms with E-state index in [0.717, 1.165) is 58.5 Å². The molecule has 0 atom stereocenters. The van der Waals surface area contributed by atoms with E-state index in [2.05, 4.69) is 126 Å². The second-order valence-electron chi connectivity index (χ2n) is 21.5. The fourth-order valence-electron chi connectivity index (χ4n) is 6.46. The first kappa shape index (κ1) is 65.3. The van der Waals surface area contributed by atoms with Crippen LogP contribution in [0.5, 0.6) is 0 Å².